The average molecular weight is 255 g/mol. The number of para-hydroxylation sites is 1. The lowest BCUT2D eigenvalue weighted by molar-refractivity contribution is 0.289. The van der Waals surface area contributed by atoms with Crippen molar-refractivity contribution in [3.05, 3.63) is 35.9 Å². The van der Waals surface area contributed by atoms with E-state index in [-0.39, 0.29) is 6.61 Å². The number of hydrogen-bond acceptors (Lipinski definition) is 4. The van der Waals surface area contributed by atoms with E-state index in [1.165, 1.54) is 0 Å². The molecule has 4 heteroatoms. The Balaban J connectivity index is 2.48. The normalized spacial score (nSPS) is 10.4. The fraction of sp³-hybridized carbons (Fsp3) is 0.333. The van der Waals surface area contributed by atoms with Gasteiger partial charge in [0.05, 0.1) is 11.1 Å². The Morgan fingerprint density at radius 1 is 1.37 bits per heavy atom. The third kappa shape index (κ3) is 2.83. The zero-order valence-corrected chi connectivity index (χ0v) is 11.0. The first-order valence-electron chi connectivity index (χ1n) is 6.45. The molecule has 0 aliphatic heterocycles. The van der Waals surface area contributed by atoms with Gasteiger partial charge in [-0.2, -0.15) is 5.26 Å². The molecule has 0 aliphatic rings. The summed E-state index contributed by atoms with van der Waals surface area (Å²) in [5, 5.41) is 19.2. The van der Waals surface area contributed by atoms with Crippen LogP contribution in [0.2, 0.25) is 0 Å². The number of aliphatic hydroxyl groups is 1. The first-order valence-corrected chi connectivity index (χ1v) is 6.45. The largest absolute Gasteiger partial charge is 0.396 e. The fourth-order valence-electron chi connectivity index (χ4n) is 2.10. The molecule has 4 nitrogen and oxygen atoms in total. The van der Waals surface area contributed by atoms with Crippen LogP contribution in [0, 0.1) is 11.3 Å². The minimum Gasteiger partial charge on any atom is -0.396 e. The molecule has 2 aromatic rings. The minimum atomic E-state index is 0.145. The Kier molecular flexibility index (Phi) is 4.32. The Morgan fingerprint density at radius 3 is 2.84 bits per heavy atom. The molecule has 1 heterocycles. The maximum atomic E-state index is 9.28. The molecule has 2 rings (SSSR count). The molecule has 1 aromatic carbocycles. The summed E-state index contributed by atoms with van der Waals surface area (Å²) in [6.45, 7) is 3.63. The zero-order valence-electron chi connectivity index (χ0n) is 11.0. The minimum absolute atomic E-state index is 0.145. The molecule has 0 atom stereocenters. The van der Waals surface area contributed by atoms with Crippen molar-refractivity contribution >= 4 is 16.7 Å². The van der Waals surface area contributed by atoms with Crippen molar-refractivity contribution in [2.45, 2.75) is 13.3 Å². The predicted octanol–water partition coefficient (Wildman–Crippen LogP) is 2.32. The van der Waals surface area contributed by atoms with Crippen molar-refractivity contribution in [3.8, 4) is 6.07 Å². The van der Waals surface area contributed by atoms with Crippen LogP contribution < -0.4 is 4.90 Å². The van der Waals surface area contributed by atoms with Gasteiger partial charge in [0, 0.05) is 25.1 Å². The Labute approximate surface area is 112 Å². The van der Waals surface area contributed by atoms with Crippen LogP contribution in [0.3, 0.4) is 0 Å². The number of aromatic nitrogens is 1. The van der Waals surface area contributed by atoms with Crippen LogP contribution in [0.1, 0.15) is 18.9 Å². The number of hydrogen-bond donors (Lipinski definition) is 1. The number of anilines is 1. The van der Waals surface area contributed by atoms with Crippen LogP contribution in [0.4, 0.5) is 5.82 Å². The monoisotopic (exact) mass is 255 g/mol. The molecule has 0 fully saturated rings. The second kappa shape index (κ2) is 6.17. The summed E-state index contributed by atoms with van der Waals surface area (Å²) < 4.78 is 0. The van der Waals surface area contributed by atoms with Gasteiger partial charge in [-0.3, -0.25) is 0 Å². The van der Waals surface area contributed by atoms with E-state index in [0.29, 0.717) is 24.3 Å². The maximum absolute atomic E-state index is 9.28. The molecule has 1 N–H and O–H groups in total. The molecule has 0 radical (unpaired) electrons. The maximum Gasteiger partial charge on any atom is 0.147 e. The summed E-state index contributed by atoms with van der Waals surface area (Å²) in [6, 6.07) is 11.9. The van der Waals surface area contributed by atoms with Crippen molar-refractivity contribution in [1.29, 1.82) is 5.26 Å². The lowest BCUT2D eigenvalue weighted by Crippen LogP contribution is -2.26. The van der Waals surface area contributed by atoms with Crippen molar-refractivity contribution in [2.75, 3.05) is 24.6 Å². The summed E-state index contributed by atoms with van der Waals surface area (Å²) in [5.41, 5.74) is 1.47. The molecule has 19 heavy (non-hydrogen) atoms. The molecule has 0 saturated carbocycles. The molecule has 0 saturated heterocycles. The van der Waals surface area contributed by atoms with Crippen molar-refractivity contribution < 1.29 is 5.11 Å². The van der Waals surface area contributed by atoms with E-state index in [2.05, 4.69) is 11.1 Å². The number of aliphatic hydroxyl groups excluding tert-OH is 1. The van der Waals surface area contributed by atoms with E-state index in [1.807, 2.05) is 42.2 Å². The topological polar surface area (TPSA) is 60.1 Å². The average Bonchev–Trinajstić information content (AvgIpc) is 2.47. The second-order valence-electron chi connectivity index (χ2n) is 4.32. The fourth-order valence-corrected chi connectivity index (χ4v) is 2.10. The van der Waals surface area contributed by atoms with Gasteiger partial charge in [0.15, 0.2) is 0 Å². The number of nitrogens with zero attached hydrogens (tertiary/aromatic N) is 3. The Morgan fingerprint density at radius 2 is 2.16 bits per heavy atom. The molecular weight excluding hydrogens is 238 g/mol. The number of rotatable bonds is 5. The lowest BCUT2D eigenvalue weighted by Gasteiger charge is -2.22. The summed E-state index contributed by atoms with van der Waals surface area (Å²) in [7, 11) is 0. The van der Waals surface area contributed by atoms with Gasteiger partial charge in [-0.1, -0.05) is 18.2 Å². The van der Waals surface area contributed by atoms with Gasteiger partial charge < -0.3 is 10.0 Å². The highest BCUT2D eigenvalue weighted by atomic mass is 16.3. The van der Waals surface area contributed by atoms with Crippen LogP contribution in [0.25, 0.3) is 10.9 Å². The molecule has 98 valence electrons. The predicted molar refractivity (Wildman–Crippen MR) is 76.0 cm³/mol. The van der Waals surface area contributed by atoms with E-state index in [1.54, 1.807) is 0 Å². The smallest absolute Gasteiger partial charge is 0.147 e. The van der Waals surface area contributed by atoms with E-state index in [4.69, 9.17) is 5.11 Å². The van der Waals surface area contributed by atoms with Gasteiger partial charge in [-0.25, -0.2) is 4.98 Å². The van der Waals surface area contributed by atoms with Gasteiger partial charge in [0.1, 0.15) is 11.9 Å². The van der Waals surface area contributed by atoms with E-state index in [9.17, 15) is 5.26 Å². The first-order chi connectivity index (χ1) is 9.30. The third-order valence-corrected chi connectivity index (χ3v) is 3.09. The van der Waals surface area contributed by atoms with Gasteiger partial charge in [0.2, 0.25) is 0 Å². The van der Waals surface area contributed by atoms with Gasteiger partial charge >= 0.3 is 0 Å². The summed E-state index contributed by atoms with van der Waals surface area (Å²) in [4.78, 5) is 6.62. The van der Waals surface area contributed by atoms with Crippen molar-refractivity contribution in [1.82, 2.24) is 4.98 Å². The van der Waals surface area contributed by atoms with Crippen LogP contribution in [-0.2, 0) is 0 Å². The first kappa shape index (κ1) is 13.3. The molecule has 1 aromatic heterocycles. The zero-order chi connectivity index (χ0) is 13.7. The molecule has 0 aliphatic carbocycles. The van der Waals surface area contributed by atoms with Gasteiger partial charge in [-0.05, 0) is 25.5 Å². The molecule has 0 spiro atoms. The van der Waals surface area contributed by atoms with E-state index < -0.39 is 0 Å². The van der Waals surface area contributed by atoms with Crippen molar-refractivity contribution in [2.24, 2.45) is 0 Å². The van der Waals surface area contributed by atoms with Crippen LogP contribution in [0.5, 0.6) is 0 Å². The third-order valence-electron chi connectivity index (χ3n) is 3.09. The highest BCUT2D eigenvalue weighted by Gasteiger charge is 2.12. The summed E-state index contributed by atoms with van der Waals surface area (Å²) in [5.74, 6) is 0.706. The molecule has 0 unspecified atom stereocenters. The van der Waals surface area contributed by atoms with E-state index in [0.717, 1.165) is 17.4 Å². The quantitative estimate of drug-likeness (QED) is 0.890. The second-order valence-corrected chi connectivity index (χ2v) is 4.32. The molecule has 0 bridgehead atoms. The lowest BCUT2D eigenvalue weighted by atomic mass is 10.1. The van der Waals surface area contributed by atoms with Gasteiger partial charge in [0.25, 0.3) is 0 Å². The van der Waals surface area contributed by atoms with Crippen LogP contribution in [0.15, 0.2) is 30.3 Å². The number of pyridine rings is 1. The number of nitriles is 1. The molecular formula is C15H17N3O. The van der Waals surface area contributed by atoms with Crippen LogP contribution >= 0.6 is 0 Å². The molecule has 0 amide bonds. The highest BCUT2D eigenvalue weighted by molar-refractivity contribution is 5.83. The van der Waals surface area contributed by atoms with E-state index >= 15 is 0 Å². The van der Waals surface area contributed by atoms with Crippen molar-refractivity contribution in [3.63, 3.8) is 0 Å². The SMILES string of the molecule is CCN(CCCO)c1nc2ccccc2cc1C#N. The Hall–Kier alpha value is -2.12. The standard InChI is InChI=1S/C15H17N3O/c1-2-18(8-5-9-19)15-13(11-16)10-12-6-3-4-7-14(12)17-15/h3-4,6-7,10,19H,2,5,8-9H2,1H3. The Bertz CT molecular complexity index is 604. The van der Waals surface area contributed by atoms with Gasteiger partial charge in [-0.15, -0.1) is 0 Å². The number of benzene rings is 1. The van der Waals surface area contributed by atoms with Crippen LogP contribution in [-0.4, -0.2) is 29.8 Å². The highest BCUT2D eigenvalue weighted by Crippen LogP contribution is 2.23. The summed E-state index contributed by atoms with van der Waals surface area (Å²) >= 11 is 0. The number of fused-ring (bicyclic) bond motifs is 1. The summed E-state index contributed by atoms with van der Waals surface area (Å²) in [6.07, 6.45) is 0.674.